The molecule has 0 radical (unpaired) electrons. The third kappa shape index (κ3) is 4.83. The Hall–Kier alpha value is -2.86. The molecule has 2 N–H and O–H groups in total. The van der Waals surface area contributed by atoms with Crippen molar-refractivity contribution in [2.75, 3.05) is 43.1 Å². The number of carbonyl (C=O) groups is 2. The van der Waals surface area contributed by atoms with Crippen molar-refractivity contribution in [2.24, 2.45) is 0 Å². The van der Waals surface area contributed by atoms with Gasteiger partial charge < -0.3 is 20.3 Å². The second-order valence-electron chi connectivity index (χ2n) is 6.25. The maximum Gasteiger partial charge on any atom is 0.251 e. The predicted octanol–water partition coefficient (Wildman–Crippen LogP) is 2.20. The molecule has 0 spiro atoms. The van der Waals surface area contributed by atoms with Crippen molar-refractivity contribution in [1.29, 1.82) is 0 Å². The number of hydrogen-bond donors (Lipinski definition) is 2. The molecule has 26 heavy (non-hydrogen) atoms. The van der Waals surface area contributed by atoms with E-state index in [1.54, 1.807) is 12.1 Å². The highest BCUT2D eigenvalue weighted by molar-refractivity contribution is 5.99. The van der Waals surface area contributed by atoms with Crippen LogP contribution in [0.4, 0.5) is 11.4 Å². The van der Waals surface area contributed by atoms with E-state index in [1.165, 1.54) is 0 Å². The molecule has 1 heterocycles. The summed E-state index contributed by atoms with van der Waals surface area (Å²) in [6.45, 7) is 5.06. The summed E-state index contributed by atoms with van der Waals surface area (Å²) in [5.41, 5.74) is 3.37. The monoisotopic (exact) mass is 353 g/mol. The van der Waals surface area contributed by atoms with E-state index in [4.69, 9.17) is 4.74 Å². The molecule has 2 aromatic carbocycles. The van der Waals surface area contributed by atoms with Crippen LogP contribution < -0.4 is 15.5 Å². The predicted molar refractivity (Wildman–Crippen MR) is 102 cm³/mol. The van der Waals surface area contributed by atoms with Crippen LogP contribution in [0.3, 0.4) is 0 Å². The molecular formula is C20H23N3O3. The lowest BCUT2D eigenvalue weighted by Crippen LogP contribution is -2.36. The van der Waals surface area contributed by atoms with E-state index in [0.717, 1.165) is 37.6 Å². The summed E-state index contributed by atoms with van der Waals surface area (Å²) in [5.74, 6) is -0.517. The average Bonchev–Trinajstić information content (AvgIpc) is 2.67. The maximum atomic E-state index is 12.1. The van der Waals surface area contributed by atoms with Gasteiger partial charge in [-0.1, -0.05) is 17.7 Å². The molecule has 0 bridgehead atoms. The zero-order valence-corrected chi connectivity index (χ0v) is 14.8. The fourth-order valence-corrected chi connectivity index (χ4v) is 2.83. The Kier molecular flexibility index (Phi) is 5.86. The van der Waals surface area contributed by atoms with E-state index in [0.29, 0.717) is 11.3 Å². The normalized spacial score (nSPS) is 14.0. The van der Waals surface area contributed by atoms with Crippen LogP contribution in [0.5, 0.6) is 0 Å². The first-order valence-electron chi connectivity index (χ1n) is 8.69. The van der Waals surface area contributed by atoms with Crippen molar-refractivity contribution in [2.45, 2.75) is 6.92 Å². The largest absolute Gasteiger partial charge is 0.378 e. The molecule has 2 amide bonds. The van der Waals surface area contributed by atoms with E-state index >= 15 is 0 Å². The molecule has 1 fully saturated rings. The van der Waals surface area contributed by atoms with Gasteiger partial charge in [-0.3, -0.25) is 9.59 Å². The van der Waals surface area contributed by atoms with Crippen LogP contribution in [0.25, 0.3) is 0 Å². The molecule has 3 rings (SSSR count). The standard InChI is InChI=1S/C20H23N3O3/c1-15-3-2-4-16(13-15)20(25)21-14-19(24)22-17-5-7-18(8-6-17)23-9-11-26-12-10-23/h2-8,13H,9-12,14H2,1H3,(H,21,25)(H,22,24). The fraction of sp³-hybridized carbons (Fsp3) is 0.300. The number of aryl methyl sites for hydroxylation is 1. The van der Waals surface area contributed by atoms with Gasteiger partial charge in [-0.15, -0.1) is 0 Å². The van der Waals surface area contributed by atoms with Crippen LogP contribution in [0, 0.1) is 6.92 Å². The Balaban J connectivity index is 1.49. The Morgan fingerprint density at radius 1 is 1.08 bits per heavy atom. The minimum absolute atomic E-state index is 0.0714. The molecule has 6 heteroatoms. The van der Waals surface area contributed by atoms with Gasteiger partial charge in [0.1, 0.15) is 0 Å². The molecule has 0 atom stereocenters. The number of carbonyl (C=O) groups excluding carboxylic acids is 2. The number of amides is 2. The lowest BCUT2D eigenvalue weighted by molar-refractivity contribution is -0.115. The molecule has 0 unspecified atom stereocenters. The number of morpholine rings is 1. The number of nitrogens with one attached hydrogen (secondary N) is 2. The lowest BCUT2D eigenvalue weighted by atomic mass is 10.1. The minimum Gasteiger partial charge on any atom is -0.378 e. The molecule has 1 saturated heterocycles. The molecule has 1 aliphatic heterocycles. The van der Waals surface area contributed by atoms with E-state index < -0.39 is 0 Å². The third-order valence-electron chi connectivity index (χ3n) is 4.22. The van der Waals surface area contributed by atoms with Crippen LogP contribution in [0.1, 0.15) is 15.9 Å². The first kappa shape index (κ1) is 17.9. The van der Waals surface area contributed by atoms with E-state index in [-0.39, 0.29) is 18.4 Å². The van der Waals surface area contributed by atoms with Gasteiger partial charge in [-0.05, 0) is 43.3 Å². The molecule has 0 aromatic heterocycles. The Labute approximate surface area is 153 Å². The number of hydrogen-bond acceptors (Lipinski definition) is 4. The number of ether oxygens (including phenoxy) is 1. The number of benzene rings is 2. The number of anilines is 2. The van der Waals surface area contributed by atoms with Gasteiger partial charge in [0.25, 0.3) is 5.91 Å². The number of rotatable bonds is 5. The molecule has 2 aromatic rings. The summed E-state index contributed by atoms with van der Waals surface area (Å²) in [6.07, 6.45) is 0. The van der Waals surface area contributed by atoms with Crippen LogP contribution >= 0.6 is 0 Å². The van der Waals surface area contributed by atoms with Gasteiger partial charge in [-0.2, -0.15) is 0 Å². The molecule has 1 aliphatic rings. The highest BCUT2D eigenvalue weighted by Gasteiger charge is 2.12. The number of nitrogens with zero attached hydrogens (tertiary/aromatic N) is 1. The van der Waals surface area contributed by atoms with E-state index in [1.807, 2.05) is 43.3 Å². The van der Waals surface area contributed by atoms with Gasteiger partial charge in [0.05, 0.1) is 19.8 Å². The van der Waals surface area contributed by atoms with Crippen LogP contribution in [-0.2, 0) is 9.53 Å². The quantitative estimate of drug-likeness (QED) is 0.865. The molecular weight excluding hydrogens is 330 g/mol. The van der Waals surface area contributed by atoms with Gasteiger partial charge in [-0.25, -0.2) is 0 Å². The molecule has 136 valence electrons. The van der Waals surface area contributed by atoms with Crippen LogP contribution in [0.15, 0.2) is 48.5 Å². The van der Waals surface area contributed by atoms with Crippen molar-refractivity contribution in [3.05, 3.63) is 59.7 Å². The summed E-state index contributed by atoms with van der Waals surface area (Å²) in [4.78, 5) is 26.4. The zero-order chi connectivity index (χ0) is 18.4. The fourth-order valence-electron chi connectivity index (χ4n) is 2.83. The minimum atomic E-state index is -0.259. The van der Waals surface area contributed by atoms with Crippen molar-refractivity contribution in [1.82, 2.24) is 5.32 Å². The smallest absolute Gasteiger partial charge is 0.251 e. The van der Waals surface area contributed by atoms with Crippen molar-refractivity contribution < 1.29 is 14.3 Å². The summed E-state index contributed by atoms with van der Waals surface area (Å²) in [7, 11) is 0. The van der Waals surface area contributed by atoms with Crippen LogP contribution in [0.2, 0.25) is 0 Å². The molecule has 0 aliphatic carbocycles. The summed E-state index contributed by atoms with van der Waals surface area (Å²) < 4.78 is 5.35. The summed E-state index contributed by atoms with van der Waals surface area (Å²) >= 11 is 0. The van der Waals surface area contributed by atoms with Crippen molar-refractivity contribution >= 4 is 23.2 Å². The first-order chi connectivity index (χ1) is 12.6. The average molecular weight is 353 g/mol. The second kappa shape index (κ2) is 8.49. The summed E-state index contributed by atoms with van der Waals surface area (Å²) in [6, 6.07) is 14.9. The SMILES string of the molecule is Cc1cccc(C(=O)NCC(=O)Nc2ccc(N3CCOCC3)cc2)c1. The highest BCUT2D eigenvalue weighted by atomic mass is 16.5. The lowest BCUT2D eigenvalue weighted by Gasteiger charge is -2.28. The van der Waals surface area contributed by atoms with Gasteiger partial charge in [0.15, 0.2) is 0 Å². The second-order valence-corrected chi connectivity index (χ2v) is 6.25. The van der Waals surface area contributed by atoms with Gasteiger partial charge in [0, 0.05) is 30.0 Å². The van der Waals surface area contributed by atoms with Crippen molar-refractivity contribution in [3.63, 3.8) is 0 Å². The third-order valence-corrected chi connectivity index (χ3v) is 4.22. The van der Waals surface area contributed by atoms with Gasteiger partial charge >= 0.3 is 0 Å². The Morgan fingerprint density at radius 3 is 2.50 bits per heavy atom. The summed E-state index contributed by atoms with van der Waals surface area (Å²) in [5, 5.41) is 5.43. The molecule has 6 nitrogen and oxygen atoms in total. The van der Waals surface area contributed by atoms with E-state index in [9.17, 15) is 9.59 Å². The zero-order valence-electron chi connectivity index (χ0n) is 14.8. The first-order valence-corrected chi connectivity index (χ1v) is 8.69. The maximum absolute atomic E-state index is 12.1. The Bertz CT molecular complexity index is 768. The topological polar surface area (TPSA) is 70.7 Å². The Morgan fingerprint density at radius 2 is 1.81 bits per heavy atom. The van der Waals surface area contributed by atoms with Crippen molar-refractivity contribution in [3.8, 4) is 0 Å². The van der Waals surface area contributed by atoms with Crippen LogP contribution in [-0.4, -0.2) is 44.7 Å². The molecule has 0 saturated carbocycles. The van der Waals surface area contributed by atoms with E-state index in [2.05, 4.69) is 15.5 Å². The highest BCUT2D eigenvalue weighted by Crippen LogP contribution is 2.18. The van der Waals surface area contributed by atoms with Gasteiger partial charge in [0.2, 0.25) is 5.91 Å².